The minimum Gasteiger partial charge on any atom is -0.497 e. The van der Waals surface area contributed by atoms with Crippen LogP contribution in [0.15, 0.2) is 24.3 Å². The molecule has 0 aliphatic heterocycles. The molecule has 0 spiro atoms. The second-order valence-electron chi connectivity index (χ2n) is 5.02. The van der Waals surface area contributed by atoms with Gasteiger partial charge in [-0.05, 0) is 25.0 Å². The highest BCUT2D eigenvalue weighted by atomic mass is 16.5. The smallest absolute Gasteiger partial charge is 0.162 e. The molecular formula is C15H18N4O2. The number of nitrogens with one attached hydrogen (secondary N) is 1. The SMILES string of the molecule is COc1cc(OC)cc(-c2nc(NN)cc(C3CC3)n2)c1. The molecule has 1 aliphatic carbocycles. The molecule has 1 heterocycles. The largest absolute Gasteiger partial charge is 0.497 e. The summed E-state index contributed by atoms with van der Waals surface area (Å²) in [6.07, 6.45) is 2.34. The van der Waals surface area contributed by atoms with E-state index in [0.29, 0.717) is 29.1 Å². The van der Waals surface area contributed by atoms with E-state index < -0.39 is 0 Å². The normalized spacial score (nSPS) is 13.9. The number of anilines is 1. The summed E-state index contributed by atoms with van der Waals surface area (Å²) >= 11 is 0. The van der Waals surface area contributed by atoms with E-state index in [1.165, 1.54) is 12.8 Å². The third-order valence-corrected chi connectivity index (χ3v) is 3.50. The fourth-order valence-corrected chi connectivity index (χ4v) is 2.19. The molecule has 1 aliphatic rings. The average Bonchev–Trinajstić information content (AvgIpc) is 3.38. The van der Waals surface area contributed by atoms with Gasteiger partial charge in [0.1, 0.15) is 17.3 Å². The summed E-state index contributed by atoms with van der Waals surface area (Å²) in [5, 5.41) is 0. The van der Waals surface area contributed by atoms with Crippen LogP contribution in [-0.2, 0) is 0 Å². The Morgan fingerprint density at radius 1 is 1.05 bits per heavy atom. The molecule has 1 aromatic heterocycles. The summed E-state index contributed by atoms with van der Waals surface area (Å²) < 4.78 is 10.6. The maximum Gasteiger partial charge on any atom is 0.162 e. The molecule has 3 rings (SSSR count). The minimum atomic E-state index is 0.520. The van der Waals surface area contributed by atoms with Gasteiger partial charge in [0, 0.05) is 29.3 Å². The van der Waals surface area contributed by atoms with E-state index in [4.69, 9.17) is 15.3 Å². The Labute approximate surface area is 123 Å². The Balaban J connectivity index is 2.08. The second-order valence-corrected chi connectivity index (χ2v) is 5.02. The summed E-state index contributed by atoms with van der Waals surface area (Å²) in [5.74, 6) is 8.66. The lowest BCUT2D eigenvalue weighted by molar-refractivity contribution is 0.394. The topological polar surface area (TPSA) is 82.3 Å². The van der Waals surface area contributed by atoms with Gasteiger partial charge in [-0.25, -0.2) is 15.8 Å². The average molecular weight is 286 g/mol. The highest BCUT2D eigenvalue weighted by molar-refractivity contribution is 5.62. The highest BCUT2D eigenvalue weighted by Crippen LogP contribution is 2.40. The number of methoxy groups -OCH3 is 2. The molecule has 6 heteroatoms. The quantitative estimate of drug-likeness (QED) is 0.648. The molecule has 0 amide bonds. The standard InChI is InChI=1S/C15H18N4O2/c1-20-11-5-10(6-12(7-11)21-2)15-17-13(9-3-4-9)8-14(18-15)19-16/h5-9H,3-4,16H2,1-2H3,(H,17,18,19). The van der Waals surface area contributed by atoms with Crippen LogP contribution in [0, 0.1) is 0 Å². The van der Waals surface area contributed by atoms with Gasteiger partial charge < -0.3 is 14.9 Å². The molecule has 6 nitrogen and oxygen atoms in total. The summed E-state index contributed by atoms with van der Waals surface area (Å²) in [6, 6.07) is 7.48. The number of nitrogens with two attached hydrogens (primary N) is 1. The number of benzene rings is 1. The van der Waals surface area contributed by atoms with Crippen molar-refractivity contribution in [3.63, 3.8) is 0 Å². The number of hydrogen-bond acceptors (Lipinski definition) is 6. The lowest BCUT2D eigenvalue weighted by Crippen LogP contribution is -2.10. The zero-order valence-electron chi connectivity index (χ0n) is 12.1. The van der Waals surface area contributed by atoms with Crippen LogP contribution in [0.4, 0.5) is 5.82 Å². The summed E-state index contributed by atoms with van der Waals surface area (Å²) in [6.45, 7) is 0. The second kappa shape index (κ2) is 5.57. The van der Waals surface area contributed by atoms with Crippen LogP contribution >= 0.6 is 0 Å². The van der Waals surface area contributed by atoms with Gasteiger partial charge in [-0.1, -0.05) is 0 Å². The van der Waals surface area contributed by atoms with Crippen LogP contribution < -0.4 is 20.7 Å². The van der Waals surface area contributed by atoms with E-state index in [-0.39, 0.29) is 0 Å². The lowest BCUT2D eigenvalue weighted by atomic mass is 10.1. The van der Waals surface area contributed by atoms with E-state index in [1.807, 2.05) is 24.3 Å². The predicted molar refractivity (Wildman–Crippen MR) is 80.4 cm³/mol. The van der Waals surface area contributed by atoms with E-state index in [9.17, 15) is 0 Å². The van der Waals surface area contributed by atoms with Crippen molar-refractivity contribution in [2.75, 3.05) is 19.6 Å². The van der Waals surface area contributed by atoms with Gasteiger partial charge in [0.2, 0.25) is 0 Å². The Kier molecular flexibility index (Phi) is 3.62. The van der Waals surface area contributed by atoms with Gasteiger partial charge in [-0.15, -0.1) is 0 Å². The molecule has 21 heavy (non-hydrogen) atoms. The lowest BCUT2D eigenvalue weighted by Gasteiger charge is -2.10. The molecule has 2 aromatic rings. The number of hydrazine groups is 1. The molecule has 3 N–H and O–H groups in total. The van der Waals surface area contributed by atoms with Crippen molar-refractivity contribution in [3.05, 3.63) is 30.0 Å². The highest BCUT2D eigenvalue weighted by Gasteiger charge is 2.26. The van der Waals surface area contributed by atoms with Gasteiger partial charge in [0.05, 0.1) is 14.2 Å². The monoisotopic (exact) mass is 286 g/mol. The van der Waals surface area contributed by atoms with Crippen molar-refractivity contribution in [3.8, 4) is 22.9 Å². The first-order valence-electron chi connectivity index (χ1n) is 6.82. The van der Waals surface area contributed by atoms with E-state index >= 15 is 0 Å². The number of aromatic nitrogens is 2. The summed E-state index contributed by atoms with van der Waals surface area (Å²) in [5.41, 5.74) is 4.46. The number of hydrogen-bond donors (Lipinski definition) is 2. The molecule has 0 bridgehead atoms. The van der Waals surface area contributed by atoms with Crippen LogP contribution in [0.3, 0.4) is 0 Å². The number of nitrogen functional groups attached to an aromatic ring is 1. The third-order valence-electron chi connectivity index (χ3n) is 3.50. The van der Waals surface area contributed by atoms with E-state index in [0.717, 1.165) is 11.3 Å². The van der Waals surface area contributed by atoms with Crippen molar-refractivity contribution in [1.29, 1.82) is 0 Å². The van der Waals surface area contributed by atoms with Crippen LogP contribution in [-0.4, -0.2) is 24.2 Å². The Hall–Kier alpha value is -2.34. The molecule has 0 radical (unpaired) electrons. The van der Waals surface area contributed by atoms with Gasteiger partial charge >= 0.3 is 0 Å². The first kappa shape index (κ1) is 13.6. The van der Waals surface area contributed by atoms with Crippen LogP contribution in [0.25, 0.3) is 11.4 Å². The fourth-order valence-electron chi connectivity index (χ4n) is 2.19. The maximum atomic E-state index is 5.51. The first-order chi connectivity index (χ1) is 10.2. The van der Waals surface area contributed by atoms with Gasteiger partial charge in [-0.3, -0.25) is 0 Å². The molecule has 0 atom stereocenters. The molecule has 0 saturated heterocycles. The first-order valence-corrected chi connectivity index (χ1v) is 6.82. The van der Waals surface area contributed by atoms with Gasteiger partial charge in [-0.2, -0.15) is 0 Å². The van der Waals surface area contributed by atoms with Crippen LogP contribution in [0.1, 0.15) is 24.5 Å². The van der Waals surface area contributed by atoms with Crippen molar-refractivity contribution >= 4 is 5.82 Å². The Morgan fingerprint density at radius 3 is 2.24 bits per heavy atom. The van der Waals surface area contributed by atoms with Crippen molar-refractivity contribution in [2.24, 2.45) is 5.84 Å². The molecule has 1 saturated carbocycles. The summed E-state index contributed by atoms with van der Waals surface area (Å²) in [7, 11) is 3.24. The summed E-state index contributed by atoms with van der Waals surface area (Å²) in [4.78, 5) is 9.07. The van der Waals surface area contributed by atoms with E-state index in [2.05, 4.69) is 15.4 Å². The predicted octanol–water partition coefficient (Wildman–Crippen LogP) is 2.32. The van der Waals surface area contributed by atoms with Crippen molar-refractivity contribution < 1.29 is 9.47 Å². The maximum absolute atomic E-state index is 5.51. The van der Waals surface area contributed by atoms with Crippen LogP contribution in [0.2, 0.25) is 0 Å². The van der Waals surface area contributed by atoms with Crippen molar-refractivity contribution in [1.82, 2.24) is 9.97 Å². The Morgan fingerprint density at radius 2 is 1.71 bits per heavy atom. The van der Waals surface area contributed by atoms with Gasteiger partial charge in [0.15, 0.2) is 5.82 Å². The molecule has 1 aromatic carbocycles. The zero-order valence-corrected chi connectivity index (χ0v) is 12.1. The van der Waals surface area contributed by atoms with Gasteiger partial charge in [0.25, 0.3) is 0 Å². The third kappa shape index (κ3) is 2.90. The molecule has 1 fully saturated rings. The number of nitrogens with zero attached hydrogens (tertiary/aromatic N) is 2. The zero-order chi connectivity index (χ0) is 14.8. The Bertz CT molecular complexity index is 634. The van der Waals surface area contributed by atoms with E-state index in [1.54, 1.807) is 14.2 Å². The van der Waals surface area contributed by atoms with Crippen molar-refractivity contribution in [2.45, 2.75) is 18.8 Å². The number of ether oxygens (including phenoxy) is 2. The molecule has 0 unspecified atom stereocenters. The minimum absolute atomic E-state index is 0.520. The molecule has 110 valence electrons. The fraction of sp³-hybridized carbons (Fsp3) is 0.333. The van der Waals surface area contributed by atoms with Crippen LogP contribution in [0.5, 0.6) is 11.5 Å². The molecular weight excluding hydrogens is 268 g/mol. The number of rotatable bonds is 5.